The molecule has 0 radical (unpaired) electrons. The van der Waals surface area contributed by atoms with Crippen molar-refractivity contribution in [3.8, 4) is 11.1 Å². The fourth-order valence-corrected chi connectivity index (χ4v) is 4.10. The van der Waals surface area contributed by atoms with Crippen LogP contribution in [0.4, 0.5) is 5.82 Å². The lowest BCUT2D eigenvalue weighted by Gasteiger charge is -2.33. The van der Waals surface area contributed by atoms with Crippen molar-refractivity contribution in [1.82, 2.24) is 14.8 Å². The van der Waals surface area contributed by atoms with Gasteiger partial charge in [0.05, 0.1) is 25.3 Å². The molecule has 0 spiro atoms. The van der Waals surface area contributed by atoms with Crippen LogP contribution in [-0.4, -0.2) is 80.2 Å². The minimum absolute atomic E-state index is 0.172. The molecule has 1 aromatic heterocycles. The van der Waals surface area contributed by atoms with Gasteiger partial charge < -0.3 is 19.4 Å². The zero-order valence-corrected chi connectivity index (χ0v) is 17.4. The second kappa shape index (κ2) is 8.93. The Labute approximate surface area is 173 Å². The highest BCUT2D eigenvalue weighted by Crippen LogP contribution is 2.33. The number of hydrogen-bond acceptors (Lipinski definition) is 5. The number of benzene rings is 1. The first-order valence-corrected chi connectivity index (χ1v) is 10.5. The molecule has 6 heteroatoms. The summed E-state index contributed by atoms with van der Waals surface area (Å²) in [6.45, 7) is 8.65. The number of anilines is 1. The second-order valence-corrected chi connectivity index (χ2v) is 7.96. The summed E-state index contributed by atoms with van der Waals surface area (Å²) in [6.07, 6.45) is 0.358. The number of hydrogen-bond donors (Lipinski definition) is 0. The van der Waals surface area contributed by atoms with E-state index in [1.807, 2.05) is 11.0 Å². The molecule has 154 valence electrons. The molecule has 3 heterocycles. The van der Waals surface area contributed by atoms with Crippen LogP contribution in [-0.2, 0) is 16.0 Å². The van der Waals surface area contributed by atoms with Crippen LogP contribution in [0.15, 0.2) is 36.4 Å². The fraction of sp³-hybridized carbons (Fsp3) is 0.478. The molecule has 0 unspecified atom stereocenters. The van der Waals surface area contributed by atoms with Gasteiger partial charge in [-0.25, -0.2) is 4.98 Å². The van der Waals surface area contributed by atoms with Gasteiger partial charge in [0, 0.05) is 44.8 Å². The van der Waals surface area contributed by atoms with Crippen LogP contribution in [0.5, 0.6) is 0 Å². The average molecular weight is 395 g/mol. The van der Waals surface area contributed by atoms with Gasteiger partial charge >= 0.3 is 0 Å². The Balaban J connectivity index is 1.63. The highest BCUT2D eigenvalue weighted by molar-refractivity contribution is 5.82. The van der Waals surface area contributed by atoms with E-state index >= 15 is 0 Å². The number of likely N-dealkylation sites (N-methyl/N-ethyl adjacent to an activating group) is 1. The number of rotatable bonds is 4. The number of nitrogens with zero attached hydrogens (tertiary/aromatic N) is 4. The third-order valence-corrected chi connectivity index (χ3v) is 5.81. The van der Waals surface area contributed by atoms with Gasteiger partial charge in [-0.3, -0.25) is 4.79 Å². The Morgan fingerprint density at radius 1 is 1.03 bits per heavy atom. The molecule has 2 fully saturated rings. The number of aryl methyl sites for hydroxylation is 1. The maximum absolute atomic E-state index is 12.9. The predicted molar refractivity (Wildman–Crippen MR) is 115 cm³/mol. The Hall–Kier alpha value is -2.44. The topological polar surface area (TPSA) is 48.9 Å². The summed E-state index contributed by atoms with van der Waals surface area (Å²) in [7, 11) is 2.10. The van der Waals surface area contributed by atoms with Crippen LogP contribution in [0.3, 0.4) is 0 Å². The first kappa shape index (κ1) is 19.9. The van der Waals surface area contributed by atoms with Crippen molar-refractivity contribution in [1.29, 1.82) is 0 Å². The number of pyridine rings is 1. The molecular formula is C23H30N4O2. The van der Waals surface area contributed by atoms with Crippen molar-refractivity contribution in [2.45, 2.75) is 13.3 Å². The summed E-state index contributed by atoms with van der Waals surface area (Å²) in [5.41, 5.74) is 4.33. The van der Waals surface area contributed by atoms with Gasteiger partial charge in [0.25, 0.3) is 0 Å². The summed E-state index contributed by atoms with van der Waals surface area (Å²) in [6, 6.07) is 12.5. The van der Waals surface area contributed by atoms with E-state index in [1.165, 1.54) is 0 Å². The Morgan fingerprint density at radius 3 is 2.41 bits per heavy atom. The van der Waals surface area contributed by atoms with E-state index in [4.69, 9.17) is 9.72 Å². The van der Waals surface area contributed by atoms with E-state index in [2.05, 4.69) is 54.1 Å². The van der Waals surface area contributed by atoms with Crippen molar-refractivity contribution < 1.29 is 9.53 Å². The normalized spacial score (nSPS) is 18.1. The highest BCUT2D eigenvalue weighted by Gasteiger charge is 2.23. The van der Waals surface area contributed by atoms with Gasteiger partial charge in [-0.2, -0.15) is 0 Å². The number of aromatic nitrogens is 1. The van der Waals surface area contributed by atoms with E-state index in [0.717, 1.165) is 67.5 Å². The molecule has 1 aromatic carbocycles. The quantitative estimate of drug-likeness (QED) is 0.796. The van der Waals surface area contributed by atoms with Gasteiger partial charge in [-0.15, -0.1) is 0 Å². The van der Waals surface area contributed by atoms with Crippen LogP contribution in [0.25, 0.3) is 11.1 Å². The van der Waals surface area contributed by atoms with Gasteiger partial charge in [-0.05, 0) is 31.2 Å². The molecule has 0 saturated carbocycles. The maximum Gasteiger partial charge on any atom is 0.228 e. The van der Waals surface area contributed by atoms with Crippen LogP contribution < -0.4 is 4.90 Å². The summed E-state index contributed by atoms with van der Waals surface area (Å²) in [5.74, 6) is 1.14. The Bertz CT molecular complexity index is 841. The van der Waals surface area contributed by atoms with E-state index in [9.17, 15) is 4.79 Å². The monoisotopic (exact) mass is 394 g/mol. The summed E-state index contributed by atoms with van der Waals surface area (Å²) in [5, 5.41) is 0. The summed E-state index contributed by atoms with van der Waals surface area (Å²) >= 11 is 0. The van der Waals surface area contributed by atoms with Crippen molar-refractivity contribution in [3.05, 3.63) is 47.7 Å². The zero-order valence-electron chi connectivity index (χ0n) is 17.4. The largest absolute Gasteiger partial charge is 0.378 e. The van der Waals surface area contributed by atoms with Gasteiger partial charge in [0.1, 0.15) is 5.82 Å². The predicted octanol–water partition coefficient (Wildman–Crippen LogP) is 2.21. The van der Waals surface area contributed by atoms with Crippen molar-refractivity contribution >= 4 is 11.7 Å². The lowest BCUT2D eigenvalue weighted by Crippen LogP contribution is -2.47. The minimum atomic E-state index is 0.172. The Morgan fingerprint density at radius 2 is 1.72 bits per heavy atom. The number of carbonyl (C=O) groups excluding carboxylic acids is 1. The smallest absolute Gasteiger partial charge is 0.228 e. The molecule has 0 N–H and O–H groups in total. The number of piperazine rings is 1. The molecule has 4 rings (SSSR count). The molecule has 2 aromatic rings. The fourth-order valence-electron chi connectivity index (χ4n) is 4.10. The molecule has 2 saturated heterocycles. The van der Waals surface area contributed by atoms with Gasteiger partial charge in [0.15, 0.2) is 0 Å². The van der Waals surface area contributed by atoms with Crippen molar-refractivity contribution in [3.63, 3.8) is 0 Å². The Kier molecular flexibility index (Phi) is 6.11. The number of morpholine rings is 1. The highest BCUT2D eigenvalue weighted by atomic mass is 16.5. The van der Waals surface area contributed by atoms with E-state index in [0.29, 0.717) is 19.6 Å². The second-order valence-electron chi connectivity index (χ2n) is 7.96. The van der Waals surface area contributed by atoms with Crippen LogP contribution >= 0.6 is 0 Å². The third kappa shape index (κ3) is 4.60. The SMILES string of the molecule is Cc1cc(CC(=O)N2CCN(C)CC2)nc(N2CCOCC2)c1-c1ccccc1. The lowest BCUT2D eigenvalue weighted by atomic mass is 9.99. The maximum atomic E-state index is 12.9. The number of amides is 1. The van der Waals surface area contributed by atoms with Crippen molar-refractivity contribution in [2.24, 2.45) is 0 Å². The molecule has 1 amide bonds. The average Bonchev–Trinajstić information content (AvgIpc) is 2.75. The number of ether oxygens (including phenoxy) is 1. The lowest BCUT2D eigenvalue weighted by molar-refractivity contribution is -0.132. The minimum Gasteiger partial charge on any atom is -0.378 e. The zero-order chi connectivity index (χ0) is 20.2. The number of carbonyl (C=O) groups is 1. The molecule has 0 bridgehead atoms. The summed E-state index contributed by atoms with van der Waals surface area (Å²) in [4.78, 5) is 24.4. The molecule has 2 aliphatic rings. The molecule has 29 heavy (non-hydrogen) atoms. The van der Waals surface area contributed by atoms with E-state index in [-0.39, 0.29) is 5.91 Å². The third-order valence-electron chi connectivity index (χ3n) is 5.81. The summed E-state index contributed by atoms with van der Waals surface area (Å²) < 4.78 is 5.55. The van der Waals surface area contributed by atoms with Crippen molar-refractivity contribution in [2.75, 3.05) is 64.4 Å². The van der Waals surface area contributed by atoms with Gasteiger partial charge in [-0.1, -0.05) is 30.3 Å². The molecule has 0 aliphatic carbocycles. The van der Waals surface area contributed by atoms with Gasteiger partial charge in [0.2, 0.25) is 5.91 Å². The standard InChI is InChI=1S/C23H30N4O2/c1-18-16-20(17-21(28)26-10-8-25(2)9-11-26)24-23(27-12-14-29-15-13-27)22(18)19-6-4-3-5-7-19/h3-7,16H,8-15,17H2,1-2H3. The first-order chi connectivity index (χ1) is 14.1. The van der Waals surface area contributed by atoms with Crippen LogP contribution in [0, 0.1) is 6.92 Å². The first-order valence-electron chi connectivity index (χ1n) is 10.5. The molecule has 2 aliphatic heterocycles. The molecular weight excluding hydrogens is 364 g/mol. The molecule has 6 nitrogen and oxygen atoms in total. The van der Waals surface area contributed by atoms with Crippen LogP contribution in [0.2, 0.25) is 0 Å². The molecule has 0 atom stereocenters. The van der Waals surface area contributed by atoms with E-state index in [1.54, 1.807) is 0 Å². The van der Waals surface area contributed by atoms with Crippen LogP contribution in [0.1, 0.15) is 11.3 Å². The van der Waals surface area contributed by atoms with E-state index < -0.39 is 0 Å².